The summed E-state index contributed by atoms with van der Waals surface area (Å²) in [5, 5.41) is 16.2. The topological polar surface area (TPSA) is 142 Å². The smallest absolute Gasteiger partial charge is 0.390 e. The third kappa shape index (κ3) is 7.47. The molecule has 15 heteroatoms. The molecule has 1 fully saturated rings. The zero-order valence-electron chi connectivity index (χ0n) is 22.7. The monoisotopic (exact) mass is 593 g/mol. The van der Waals surface area contributed by atoms with Gasteiger partial charge in [-0.15, -0.1) is 0 Å². The van der Waals surface area contributed by atoms with Gasteiger partial charge in [0.15, 0.2) is 0 Å². The number of carboxylic acids is 1. The van der Waals surface area contributed by atoms with E-state index >= 15 is 0 Å². The second-order valence-electron chi connectivity index (χ2n) is 9.98. The first-order valence-corrected chi connectivity index (χ1v) is 13.7. The molecule has 0 unspecified atom stereocenters. The molecular weight excluding hydrogens is 563 g/mol. The van der Waals surface area contributed by atoms with Gasteiger partial charge in [-0.05, 0) is 64.3 Å². The van der Waals surface area contributed by atoms with E-state index in [9.17, 15) is 27.9 Å². The number of aryl methyl sites for hydroxylation is 1. The number of aromatic nitrogens is 4. The van der Waals surface area contributed by atoms with Crippen molar-refractivity contribution in [2.75, 3.05) is 30.3 Å². The number of carbonyl (C=O) groups excluding carboxylic acids is 1. The number of rotatable bonds is 10. The second-order valence-corrected chi connectivity index (χ2v) is 10.8. The van der Waals surface area contributed by atoms with Gasteiger partial charge in [0, 0.05) is 12.6 Å². The summed E-state index contributed by atoms with van der Waals surface area (Å²) in [5.74, 6) is -0.804. The molecule has 11 nitrogen and oxygen atoms in total. The predicted molar refractivity (Wildman–Crippen MR) is 146 cm³/mol. The minimum absolute atomic E-state index is 0.0346. The molecule has 0 aromatic carbocycles. The molecule has 4 rings (SSSR count). The molecule has 41 heavy (non-hydrogen) atoms. The minimum atomic E-state index is -4.27. The van der Waals surface area contributed by atoms with E-state index in [2.05, 4.69) is 30.0 Å². The number of carboxylic acid groups (broad SMARTS) is 1. The van der Waals surface area contributed by atoms with Crippen LogP contribution in [0.25, 0.3) is 0 Å². The second kappa shape index (κ2) is 12.3. The van der Waals surface area contributed by atoms with Crippen molar-refractivity contribution in [1.82, 2.24) is 24.2 Å². The lowest BCUT2D eigenvalue weighted by Crippen LogP contribution is -2.48. The lowest BCUT2D eigenvalue weighted by Gasteiger charge is -2.38. The first-order valence-electron chi connectivity index (χ1n) is 12.9. The Bertz CT molecular complexity index is 1360. The van der Waals surface area contributed by atoms with Gasteiger partial charge in [-0.2, -0.15) is 17.5 Å². The summed E-state index contributed by atoms with van der Waals surface area (Å²) in [6, 6.07) is 3.33. The normalized spacial score (nSPS) is 15.5. The van der Waals surface area contributed by atoms with Crippen molar-refractivity contribution >= 4 is 39.9 Å². The molecule has 0 radical (unpaired) electrons. The average molecular weight is 594 g/mol. The molecule has 0 atom stereocenters. The number of nitrogens with zero attached hydrogens (tertiary/aromatic N) is 5. The number of likely N-dealkylation sites (tertiary alicyclic amines) is 1. The van der Waals surface area contributed by atoms with Crippen molar-refractivity contribution < 1.29 is 32.6 Å². The van der Waals surface area contributed by atoms with Crippen molar-refractivity contribution in [2.24, 2.45) is 0 Å². The lowest BCUT2D eigenvalue weighted by atomic mass is 9.75. The van der Waals surface area contributed by atoms with Gasteiger partial charge in [0.05, 0.1) is 53.8 Å². The minimum Gasteiger partial charge on any atom is -0.481 e. The Hall–Kier alpha value is -3.85. The van der Waals surface area contributed by atoms with E-state index < -0.39 is 29.9 Å². The van der Waals surface area contributed by atoms with Crippen LogP contribution >= 0.6 is 11.5 Å². The van der Waals surface area contributed by atoms with Crippen LogP contribution in [0.2, 0.25) is 0 Å². The fraction of sp³-hybridized carbons (Fsp3) is 0.462. The molecule has 1 amide bonds. The molecular formula is C26H30F3N7O4S. The summed E-state index contributed by atoms with van der Waals surface area (Å²) in [4.78, 5) is 39.8. The van der Waals surface area contributed by atoms with Gasteiger partial charge in [-0.25, -0.2) is 9.97 Å². The SMILES string of the molecule is Cc1nsc(Nc2cnc(C3(C(=O)O)CCN(CCC(F)(F)F)CC3)cn2)c1C(=O)Nc1ccc(OC(C)C)nc1. The summed E-state index contributed by atoms with van der Waals surface area (Å²) in [5.41, 5.74) is 0.138. The highest BCUT2D eigenvalue weighted by Crippen LogP contribution is 2.36. The number of hydrogen-bond donors (Lipinski definition) is 3. The number of piperidine rings is 1. The number of amides is 1. The van der Waals surface area contributed by atoms with Gasteiger partial charge in [-0.1, -0.05) is 0 Å². The largest absolute Gasteiger partial charge is 0.481 e. The Morgan fingerprint density at radius 3 is 2.44 bits per heavy atom. The van der Waals surface area contributed by atoms with Crippen molar-refractivity contribution in [3.8, 4) is 5.88 Å². The molecule has 3 N–H and O–H groups in total. The van der Waals surface area contributed by atoms with Crippen molar-refractivity contribution in [2.45, 2.75) is 57.7 Å². The lowest BCUT2D eigenvalue weighted by molar-refractivity contribution is -0.148. The highest BCUT2D eigenvalue weighted by molar-refractivity contribution is 7.10. The fourth-order valence-corrected chi connectivity index (χ4v) is 5.26. The first-order chi connectivity index (χ1) is 19.4. The third-order valence-electron chi connectivity index (χ3n) is 6.65. The number of pyridine rings is 1. The van der Waals surface area contributed by atoms with Gasteiger partial charge in [0.1, 0.15) is 16.2 Å². The summed E-state index contributed by atoms with van der Waals surface area (Å²) in [6.45, 7) is 5.69. The molecule has 220 valence electrons. The van der Waals surface area contributed by atoms with E-state index in [-0.39, 0.29) is 50.1 Å². The van der Waals surface area contributed by atoms with E-state index in [0.717, 1.165) is 11.5 Å². The Morgan fingerprint density at radius 1 is 1.15 bits per heavy atom. The number of anilines is 3. The molecule has 4 heterocycles. The van der Waals surface area contributed by atoms with Crippen LogP contribution in [0, 0.1) is 6.92 Å². The Labute approximate surface area is 238 Å². The number of nitrogens with one attached hydrogen (secondary N) is 2. The van der Waals surface area contributed by atoms with Crippen molar-refractivity contribution in [1.29, 1.82) is 0 Å². The van der Waals surface area contributed by atoms with Crippen LogP contribution in [-0.2, 0) is 10.2 Å². The number of hydrogen-bond acceptors (Lipinski definition) is 10. The Kier molecular flexibility index (Phi) is 9.07. The van der Waals surface area contributed by atoms with Gasteiger partial charge in [0.25, 0.3) is 5.91 Å². The maximum absolute atomic E-state index is 13.1. The predicted octanol–water partition coefficient (Wildman–Crippen LogP) is 4.79. The number of aliphatic carboxylic acids is 1. The van der Waals surface area contributed by atoms with Gasteiger partial charge < -0.3 is 25.4 Å². The average Bonchev–Trinajstić information content (AvgIpc) is 3.28. The van der Waals surface area contributed by atoms with Gasteiger partial charge in [-0.3, -0.25) is 14.6 Å². The zero-order valence-corrected chi connectivity index (χ0v) is 23.5. The Morgan fingerprint density at radius 2 is 1.88 bits per heavy atom. The van der Waals surface area contributed by atoms with Crippen LogP contribution < -0.4 is 15.4 Å². The maximum atomic E-state index is 13.1. The van der Waals surface area contributed by atoms with E-state index in [4.69, 9.17) is 4.74 Å². The molecule has 0 spiro atoms. The molecule has 1 saturated heterocycles. The zero-order chi connectivity index (χ0) is 29.8. The van der Waals surface area contributed by atoms with Crippen LogP contribution in [0.3, 0.4) is 0 Å². The van der Waals surface area contributed by atoms with Crippen LogP contribution in [-0.4, -0.2) is 73.1 Å². The highest BCUT2D eigenvalue weighted by atomic mass is 32.1. The quantitative estimate of drug-likeness (QED) is 0.300. The molecule has 1 aliphatic rings. The number of ether oxygens (including phenoxy) is 1. The molecule has 0 saturated carbocycles. The van der Waals surface area contributed by atoms with Crippen LogP contribution in [0.15, 0.2) is 30.7 Å². The summed E-state index contributed by atoms with van der Waals surface area (Å²) in [7, 11) is 0. The van der Waals surface area contributed by atoms with Crippen molar-refractivity contribution in [3.63, 3.8) is 0 Å². The number of alkyl halides is 3. The number of halogens is 3. The molecule has 3 aromatic heterocycles. The van der Waals surface area contributed by atoms with E-state index in [1.165, 1.54) is 18.6 Å². The van der Waals surface area contributed by atoms with E-state index in [0.29, 0.717) is 27.8 Å². The van der Waals surface area contributed by atoms with Crippen LogP contribution in [0.5, 0.6) is 5.88 Å². The van der Waals surface area contributed by atoms with Crippen LogP contribution in [0.1, 0.15) is 54.9 Å². The summed E-state index contributed by atoms with van der Waals surface area (Å²) >= 11 is 1.06. The van der Waals surface area contributed by atoms with Crippen molar-refractivity contribution in [3.05, 3.63) is 47.7 Å². The highest BCUT2D eigenvalue weighted by Gasteiger charge is 2.45. The molecule has 0 bridgehead atoms. The van der Waals surface area contributed by atoms with Gasteiger partial charge >= 0.3 is 12.1 Å². The number of carbonyl (C=O) groups is 2. The fourth-order valence-electron chi connectivity index (χ4n) is 4.46. The Balaban J connectivity index is 1.43. The van der Waals surface area contributed by atoms with E-state index in [1.807, 2.05) is 13.8 Å². The summed E-state index contributed by atoms with van der Waals surface area (Å²) < 4.78 is 47.5. The third-order valence-corrected chi connectivity index (χ3v) is 7.51. The standard InChI is InChI=1S/C26H30F3N7O4S/c1-15(2)40-20-5-4-17(12-32-20)33-22(37)21-16(3)35-41-23(21)34-19-14-30-18(13-31-19)25(24(38)39)6-9-36(10-7-25)11-8-26(27,28)29/h4-5,12-15H,6-11H2,1-3H3,(H,31,34)(H,33,37)(H,38,39). The first kappa shape index (κ1) is 30.1. The molecule has 0 aliphatic carbocycles. The molecule has 1 aliphatic heterocycles. The van der Waals surface area contributed by atoms with Crippen LogP contribution in [0.4, 0.5) is 29.7 Å². The van der Waals surface area contributed by atoms with E-state index in [1.54, 1.807) is 24.0 Å². The maximum Gasteiger partial charge on any atom is 0.390 e. The molecule has 3 aromatic rings. The van der Waals surface area contributed by atoms with Gasteiger partial charge in [0.2, 0.25) is 5.88 Å². The summed E-state index contributed by atoms with van der Waals surface area (Å²) in [6.07, 6.45) is -0.821.